The molecule has 78 heavy (non-hydrogen) atoms. The van der Waals surface area contributed by atoms with Crippen molar-refractivity contribution in [2.75, 3.05) is 0 Å². The average Bonchev–Trinajstić information content (AvgIpc) is 3.67. The molecule has 0 saturated heterocycles. The van der Waals surface area contributed by atoms with Gasteiger partial charge in [-0.25, -0.2) is 0 Å². The van der Waals surface area contributed by atoms with Gasteiger partial charge in [0.1, 0.15) is 0 Å². The van der Waals surface area contributed by atoms with Crippen LogP contribution < -0.4 is 0 Å². The first-order valence-electron chi connectivity index (χ1n) is 27.1. The van der Waals surface area contributed by atoms with E-state index in [9.17, 15) is 0 Å². The van der Waals surface area contributed by atoms with E-state index in [4.69, 9.17) is 0 Å². The summed E-state index contributed by atoms with van der Waals surface area (Å²) in [6, 6.07) is 111. The number of hydrogen-bond donors (Lipinski definition) is 0. The van der Waals surface area contributed by atoms with Crippen LogP contribution in [0.4, 0.5) is 0 Å². The first-order valence-corrected chi connectivity index (χ1v) is 27.1. The highest BCUT2D eigenvalue weighted by Gasteiger charge is 2.21. The standard InChI is InChI=1S/C40H26.C38H24/c1-3-11-31-25-33(23-19-27(31)9-1)29-17-21-30(22-18-29)39-35-13-5-7-15-37(35)40(38-16-8-6-14-36(38)39)34-24-20-28-10-2-4-12-32(28)26-34;1-3-15-27-25(12-1)14-11-23-31(27)37-32-19-7-9-21-34(32)38(35-22-10-8-20-33(35)37)36-24-26-13-2-4-16-28(26)29-17-5-6-18-30(29)36/h1-26H;1-24H. The van der Waals surface area contributed by atoms with Gasteiger partial charge >= 0.3 is 0 Å². The van der Waals surface area contributed by atoms with Gasteiger partial charge in [0.25, 0.3) is 0 Å². The van der Waals surface area contributed by atoms with E-state index < -0.39 is 0 Å². The topological polar surface area (TPSA) is 0 Å². The molecule has 16 aromatic carbocycles. The van der Waals surface area contributed by atoms with Crippen LogP contribution in [0.2, 0.25) is 0 Å². The van der Waals surface area contributed by atoms with Crippen molar-refractivity contribution in [3.05, 3.63) is 303 Å². The van der Waals surface area contributed by atoms with Gasteiger partial charge in [0.2, 0.25) is 0 Å². The lowest BCUT2D eigenvalue weighted by molar-refractivity contribution is 1.63. The van der Waals surface area contributed by atoms with E-state index in [-0.39, 0.29) is 0 Å². The number of fused-ring (bicyclic) bond motifs is 10. The van der Waals surface area contributed by atoms with Gasteiger partial charge in [-0.15, -0.1) is 0 Å². The molecule has 16 aromatic rings. The fourth-order valence-corrected chi connectivity index (χ4v) is 12.7. The fourth-order valence-electron chi connectivity index (χ4n) is 12.7. The Labute approximate surface area is 453 Å². The van der Waals surface area contributed by atoms with E-state index >= 15 is 0 Å². The van der Waals surface area contributed by atoms with Gasteiger partial charge in [-0.05, 0) is 171 Å². The molecule has 0 unspecified atom stereocenters. The second-order valence-corrected chi connectivity index (χ2v) is 20.6. The Hall–Kier alpha value is -10.1. The van der Waals surface area contributed by atoms with E-state index in [1.807, 2.05) is 0 Å². The van der Waals surface area contributed by atoms with Crippen LogP contribution in [0.1, 0.15) is 0 Å². The van der Waals surface area contributed by atoms with Crippen LogP contribution in [0.3, 0.4) is 0 Å². The summed E-state index contributed by atoms with van der Waals surface area (Å²) < 4.78 is 0. The maximum atomic E-state index is 2.39. The van der Waals surface area contributed by atoms with Crippen molar-refractivity contribution >= 4 is 97.0 Å². The SMILES string of the molecule is c1ccc2c(-c3c4ccccc4c(-c4cc5ccccc5c5ccccc45)c4ccccc34)cccc2c1.c1ccc2cc(-c3ccc(-c4c5ccccc5c(-c5ccc6ccccc6c5)c5ccccc45)cc3)ccc2c1. The molecule has 0 aromatic heterocycles. The van der Waals surface area contributed by atoms with Crippen molar-refractivity contribution in [2.24, 2.45) is 0 Å². The molecule has 0 spiro atoms. The zero-order valence-corrected chi connectivity index (χ0v) is 42.9. The Balaban J connectivity index is 0.000000136. The van der Waals surface area contributed by atoms with Gasteiger partial charge in [-0.3, -0.25) is 0 Å². The Morgan fingerprint density at radius 3 is 1.00 bits per heavy atom. The highest BCUT2D eigenvalue weighted by molar-refractivity contribution is 6.27. The summed E-state index contributed by atoms with van der Waals surface area (Å²) >= 11 is 0. The van der Waals surface area contributed by atoms with Crippen molar-refractivity contribution < 1.29 is 0 Å². The smallest absolute Gasteiger partial charge is 0.00199 e. The molecule has 0 aliphatic carbocycles. The largest absolute Gasteiger partial charge is 0.0616 e. The van der Waals surface area contributed by atoms with E-state index in [0.29, 0.717) is 0 Å². The molecule has 0 aliphatic rings. The maximum absolute atomic E-state index is 2.39. The summed E-state index contributed by atoms with van der Waals surface area (Å²) in [4.78, 5) is 0. The minimum atomic E-state index is 1.23. The summed E-state index contributed by atoms with van der Waals surface area (Å²) in [6.07, 6.45) is 0. The molecule has 0 N–H and O–H groups in total. The van der Waals surface area contributed by atoms with Crippen molar-refractivity contribution in [1.29, 1.82) is 0 Å². The van der Waals surface area contributed by atoms with Crippen LogP contribution in [0, 0.1) is 0 Å². The molecule has 0 atom stereocenters. The zero-order chi connectivity index (χ0) is 51.5. The van der Waals surface area contributed by atoms with Crippen molar-refractivity contribution in [1.82, 2.24) is 0 Å². The number of benzene rings is 16. The second-order valence-electron chi connectivity index (χ2n) is 20.6. The minimum Gasteiger partial charge on any atom is -0.0616 e. The average molecular weight is 987 g/mol. The Morgan fingerprint density at radius 1 is 0.128 bits per heavy atom. The Kier molecular flexibility index (Phi) is 11.0. The van der Waals surface area contributed by atoms with Crippen molar-refractivity contribution in [3.8, 4) is 55.6 Å². The van der Waals surface area contributed by atoms with Crippen LogP contribution >= 0.6 is 0 Å². The maximum Gasteiger partial charge on any atom is -0.00199 e. The van der Waals surface area contributed by atoms with Crippen molar-refractivity contribution in [2.45, 2.75) is 0 Å². The number of rotatable bonds is 5. The lowest BCUT2D eigenvalue weighted by atomic mass is 9.83. The molecular weight excluding hydrogens is 937 g/mol. The summed E-state index contributed by atoms with van der Waals surface area (Å²) in [5.41, 5.74) is 12.7. The molecule has 0 bridgehead atoms. The van der Waals surface area contributed by atoms with Gasteiger partial charge in [0.15, 0.2) is 0 Å². The molecule has 0 aliphatic heterocycles. The highest BCUT2D eigenvalue weighted by Crippen LogP contribution is 2.48. The Morgan fingerprint density at radius 2 is 0.462 bits per heavy atom. The molecule has 0 saturated carbocycles. The van der Waals surface area contributed by atoms with E-state index in [1.165, 1.54) is 153 Å². The monoisotopic (exact) mass is 986 g/mol. The zero-order valence-electron chi connectivity index (χ0n) is 42.9. The summed E-state index contributed by atoms with van der Waals surface area (Å²) in [6.45, 7) is 0. The summed E-state index contributed by atoms with van der Waals surface area (Å²) in [7, 11) is 0. The third kappa shape index (κ3) is 7.61. The summed E-state index contributed by atoms with van der Waals surface area (Å²) in [5, 5.41) is 23.1. The molecule has 0 fully saturated rings. The molecule has 362 valence electrons. The van der Waals surface area contributed by atoms with E-state index in [2.05, 4.69) is 303 Å². The minimum absolute atomic E-state index is 1.23. The predicted molar refractivity (Wildman–Crippen MR) is 338 cm³/mol. The van der Waals surface area contributed by atoms with Gasteiger partial charge in [0, 0.05) is 0 Å². The van der Waals surface area contributed by atoms with E-state index in [0.717, 1.165) is 0 Å². The summed E-state index contributed by atoms with van der Waals surface area (Å²) in [5.74, 6) is 0. The van der Waals surface area contributed by atoms with Gasteiger partial charge < -0.3 is 0 Å². The lowest BCUT2D eigenvalue weighted by Gasteiger charge is -2.20. The molecule has 0 amide bonds. The van der Waals surface area contributed by atoms with Crippen LogP contribution in [0.25, 0.3) is 153 Å². The van der Waals surface area contributed by atoms with Gasteiger partial charge in [-0.1, -0.05) is 285 Å². The number of hydrogen-bond acceptors (Lipinski definition) is 0. The van der Waals surface area contributed by atoms with Gasteiger partial charge in [-0.2, -0.15) is 0 Å². The quantitative estimate of drug-likeness (QED) is 0.119. The van der Waals surface area contributed by atoms with Crippen LogP contribution in [-0.2, 0) is 0 Å². The Bertz CT molecular complexity index is 4900. The molecule has 0 radical (unpaired) electrons. The van der Waals surface area contributed by atoms with E-state index in [1.54, 1.807) is 0 Å². The normalized spacial score (nSPS) is 11.6. The van der Waals surface area contributed by atoms with Crippen LogP contribution in [0.15, 0.2) is 303 Å². The fraction of sp³-hybridized carbons (Fsp3) is 0. The third-order valence-electron chi connectivity index (χ3n) is 16.3. The molecule has 0 heterocycles. The lowest BCUT2D eigenvalue weighted by Crippen LogP contribution is -1.92. The first kappa shape index (κ1) is 45.3. The second kappa shape index (κ2) is 18.9. The van der Waals surface area contributed by atoms with Crippen molar-refractivity contribution in [3.63, 3.8) is 0 Å². The first-order chi connectivity index (χ1) is 38.7. The van der Waals surface area contributed by atoms with Gasteiger partial charge in [0.05, 0.1) is 0 Å². The third-order valence-corrected chi connectivity index (χ3v) is 16.3. The molecule has 16 rings (SSSR count). The molecule has 0 nitrogen and oxygen atoms in total. The molecule has 0 heteroatoms. The van der Waals surface area contributed by atoms with Crippen LogP contribution in [0.5, 0.6) is 0 Å². The molecular formula is C78H50. The van der Waals surface area contributed by atoms with Crippen LogP contribution in [-0.4, -0.2) is 0 Å². The highest BCUT2D eigenvalue weighted by atomic mass is 14.2. The predicted octanol–water partition coefficient (Wildman–Crippen LogP) is 22.1.